The monoisotopic (exact) mass is 1070 g/mol. The Labute approximate surface area is 490 Å². The second kappa shape index (κ2) is 23.2. The van der Waals surface area contributed by atoms with E-state index in [1.54, 1.807) is 0 Å². The maximum atomic E-state index is 15.2. The van der Waals surface area contributed by atoms with Crippen LogP contribution in [0.25, 0.3) is 66.8 Å². The van der Waals surface area contributed by atoms with E-state index < -0.39 is 0 Å². The van der Waals surface area contributed by atoms with Gasteiger partial charge in [-0.1, -0.05) is 260 Å². The van der Waals surface area contributed by atoms with Gasteiger partial charge in [0.25, 0.3) is 0 Å². The number of rotatable bonds is 10. The van der Waals surface area contributed by atoms with Crippen LogP contribution in [0.15, 0.2) is 297 Å². The van der Waals surface area contributed by atoms with Crippen molar-refractivity contribution in [2.45, 2.75) is 0 Å². The number of ketones is 2. The van der Waals surface area contributed by atoms with Crippen molar-refractivity contribution in [1.82, 2.24) is 0 Å². The summed E-state index contributed by atoms with van der Waals surface area (Å²) in [6.07, 6.45) is 6.24. The van der Waals surface area contributed by atoms with Gasteiger partial charge in [-0.15, -0.1) is 6.42 Å². The molecule has 0 radical (unpaired) electrons. The highest BCUT2D eigenvalue weighted by Crippen LogP contribution is 2.52. The summed E-state index contributed by atoms with van der Waals surface area (Å²) in [7, 11) is 0. The Morgan fingerprint density at radius 1 is 0.190 bits per heavy atom. The van der Waals surface area contributed by atoms with Crippen molar-refractivity contribution in [3.63, 3.8) is 0 Å². The lowest BCUT2D eigenvalue weighted by Crippen LogP contribution is -2.01. The number of hydrogen-bond acceptors (Lipinski definition) is 2. The van der Waals surface area contributed by atoms with Gasteiger partial charge in [0.1, 0.15) is 0 Å². The molecule has 0 amide bonds. The third-order valence-corrected chi connectivity index (χ3v) is 15.4. The Bertz CT molecular complexity index is 4340. The lowest BCUT2D eigenvalue weighted by Gasteiger charge is -2.15. The molecular formula is C82H50O2. The number of benzene rings is 11. The fourth-order valence-corrected chi connectivity index (χ4v) is 11.4. The van der Waals surface area contributed by atoms with Crippen molar-refractivity contribution < 1.29 is 9.59 Å². The largest absolute Gasteiger partial charge is 0.289 e. The number of hydrogen-bond donors (Lipinski definition) is 0. The van der Waals surface area contributed by atoms with Crippen molar-refractivity contribution in [3.8, 4) is 58.3 Å². The molecule has 2 heteroatoms. The first-order valence-corrected chi connectivity index (χ1v) is 27.9. The summed E-state index contributed by atoms with van der Waals surface area (Å²) in [6.45, 7) is 0. The minimum atomic E-state index is -0.0260. The van der Waals surface area contributed by atoms with Gasteiger partial charge < -0.3 is 0 Å². The van der Waals surface area contributed by atoms with E-state index in [0.717, 1.165) is 117 Å². The molecule has 0 heterocycles. The van der Waals surface area contributed by atoms with Crippen molar-refractivity contribution in [2.24, 2.45) is 0 Å². The Kier molecular flexibility index (Phi) is 14.3. The summed E-state index contributed by atoms with van der Waals surface area (Å²) in [5, 5.41) is 0. The first kappa shape index (κ1) is 51.8. The van der Waals surface area contributed by atoms with Crippen LogP contribution in [0.5, 0.6) is 0 Å². The summed E-state index contributed by atoms with van der Waals surface area (Å²) >= 11 is 0. The van der Waals surface area contributed by atoms with Crippen LogP contribution in [-0.2, 0) is 9.59 Å². The molecule has 0 saturated carbocycles. The highest BCUT2D eigenvalue weighted by molar-refractivity contribution is 6.60. The second-order valence-electron chi connectivity index (χ2n) is 20.6. The molecule has 0 spiro atoms. The minimum absolute atomic E-state index is 0.0260. The van der Waals surface area contributed by atoms with Gasteiger partial charge in [0.2, 0.25) is 0 Å². The van der Waals surface area contributed by atoms with Crippen LogP contribution < -0.4 is 0 Å². The van der Waals surface area contributed by atoms with Crippen LogP contribution in [0.3, 0.4) is 0 Å². The average molecular weight is 1070 g/mol. The van der Waals surface area contributed by atoms with E-state index in [9.17, 15) is 0 Å². The Morgan fingerprint density at radius 2 is 0.405 bits per heavy atom. The molecule has 11 aromatic carbocycles. The van der Waals surface area contributed by atoms with E-state index >= 15 is 9.59 Å². The SMILES string of the molecule is C#Cc1cc(-c2ccc(C3=C(c4ccccc4)C(=O)C(c4ccccc4)=C3c3ccc(C#Cc4ccccc4)cc3)cc2)cc(-c2ccc(C3=C(c4ccccc4)C(=O)C(c4ccccc4)=C3c3ccc(C#Cc4ccccc4)cc3)cc2)c1. The van der Waals surface area contributed by atoms with Gasteiger partial charge in [-0.05, 0) is 133 Å². The molecular weight excluding hydrogens is 1020 g/mol. The Morgan fingerprint density at radius 3 is 0.667 bits per heavy atom. The lowest BCUT2D eigenvalue weighted by molar-refractivity contribution is -0.109. The molecule has 11 aromatic rings. The van der Waals surface area contributed by atoms with Crippen LogP contribution in [0.4, 0.5) is 0 Å². The summed E-state index contributed by atoms with van der Waals surface area (Å²) in [6, 6.07) is 99.4. The molecule has 390 valence electrons. The highest BCUT2D eigenvalue weighted by atomic mass is 16.1. The normalized spacial score (nSPS) is 12.9. The Balaban J connectivity index is 0.878. The number of carbonyl (C=O) groups is 2. The fourth-order valence-electron chi connectivity index (χ4n) is 11.4. The van der Waals surface area contributed by atoms with Crippen molar-refractivity contribution in [2.75, 3.05) is 0 Å². The molecule has 0 unspecified atom stereocenters. The molecule has 84 heavy (non-hydrogen) atoms. The summed E-state index contributed by atoms with van der Waals surface area (Å²) in [5.41, 5.74) is 21.4. The zero-order chi connectivity index (χ0) is 56.8. The van der Waals surface area contributed by atoms with E-state index in [1.165, 1.54) is 0 Å². The van der Waals surface area contributed by atoms with Gasteiger partial charge in [0.05, 0.1) is 0 Å². The van der Waals surface area contributed by atoms with Gasteiger partial charge in [-0.3, -0.25) is 9.59 Å². The van der Waals surface area contributed by atoms with Gasteiger partial charge in [0.15, 0.2) is 11.6 Å². The van der Waals surface area contributed by atoms with E-state index in [0.29, 0.717) is 22.3 Å². The molecule has 2 aliphatic rings. The zero-order valence-electron chi connectivity index (χ0n) is 45.7. The predicted molar refractivity (Wildman–Crippen MR) is 346 cm³/mol. The molecule has 0 aliphatic heterocycles. The maximum Gasteiger partial charge on any atom is 0.195 e. The number of Topliss-reactive ketones (excluding diaryl/α,β-unsaturated/α-hetero) is 2. The maximum absolute atomic E-state index is 15.2. The second-order valence-corrected chi connectivity index (χ2v) is 20.6. The molecule has 13 rings (SSSR count). The smallest absolute Gasteiger partial charge is 0.195 e. The van der Waals surface area contributed by atoms with Crippen LogP contribution in [0.2, 0.25) is 0 Å². The van der Waals surface area contributed by atoms with Crippen molar-refractivity contribution in [3.05, 3.63) is 370 Å². The van der Waals surface area contributed by atoms with Crippen LogP contribution >= 0.6 is 0 Å². The number of terminal acetylenes is 1. The standard InChI is InChI=1S/C82H50O2/c1-2-56-53-71(61-45-49-69(50-46-61)75-73(67-41-37-59(38-42-67)35-33-57-21-9-3-10-22-57)77(63-25-13-5-14-26-63)81(83)79(75)65-29-17-7-18-30-65)55-72(54-56)62-47-51-70(52-48-62)76-74(68-43-39-60(40-44-68)36-34-58-23-11-4-12-24-58)78(64-27-15-6-16-28-64)82(84)80(76)66-31-19-8-20-32-66/h1,3-32,37-55H. The van der Waals surface area contributed by atoms with E-state index in [-0.39, 0.29) is 11.6 Å². The molecule has 2 aliphatic carbocycles. The van der Waals surface area contributed by atoms with Crippen molar-refractivity contribution >= 4 is 56.2 Å². The quantitative estimate of drug-likeness (QED) is 0.128. The molecule has 2 nitrogen and oxygen atoms in total. The third-order valence-electron chi connectivity index (χ3n) is 15.4. The van der Waals surface area contributed by atoms with Gasteiger partial charge in [-0.2, -0.15) is 0 Å². The summed E-state index contributed by atoms with van der Waals surface area (Å²) < 4.78 is 0. The van der Waals surface area contributed by atoms with Gasteiger partial charge in [-0.25, -0.2) is 0 Å². The molecule has 0 aromatic heterocycles. The number of carbonyl (C=O) groups excluding carboxylic acids is 2. The molecule has 0 atom stereocenters. The topological polar surface area (TPSA) is 34.1 Å². The van der Waals surface area contributed by atoms with E-state index in [1.807, 2.05) is 218 Å². The van der Waals surface area contributed by atoms with Crippen LogP contribution in [-0.4, -0.2) is 11.6 Å². The van der Waals surface area contributed by atoms with Crippen molar-refractivity contribution in [1.29, 1.82) is 0 Å². The van der Waals surface area contributed by atoms with Gasteiger partial charge in [0, 0.05) is 72.4 Å². The molecule has 0 N–H and O–H groups in total. The molecule has 0 fully saturated rings. The van der Waals surface area contributed by atoms with E-state index in [4.69, 9.17) is 6.42 Å². The molecule has 0 bridgehead atoms. The first-order valence-electron chi connectivity index (χ1n) is 27.9. The summed E-state index contributed by atoms with van der Waals surface area (Å²) in [5.74, 6) is 16.1. The number of allylic oxidation sites excluding steroid dienone is 8. The minimum Gasteiger partial charge on any atom is -0.289 e. The van der Waals surface area contributed by atoms with E-state index in [2.05, 4.69) is 108 Å². The highest BCUT2D eigenvalue weighted by Gasteiger charge is 2.37. The predicted octanol–water partition coefficient (Wildman–Crippen LogP) is 18.0. The van der Waals surface area contributed by atoms with Crippen LogP contribution in [0, 0.1) is 36.0 Å². The lowest BCUT2D eigenvalue weighted by atomic mass is 9.87. The average Bonchev–Trinajstić information content (AvgIpc) is 2.35. The van der Waals surface area contributed by atoms with Gasteiger partial charge >= 0.3 is 0 Å². The summed E-state index contributed by atoms with van der Waals surface area (Å²) in [4.78, 5) is 30.3. The zero-order valence-corrected chi connectivity index (χ0v) is 45.7. The first-order chi connectivity index (χ1) is 41.5. The van der Waals surface area contributed by atoms with Crippen LogP contribution in [0.1, 0.15) is 72.3 Å². The Hall–Kier alpha value is -11.6. The fraction of sp³-hybridized carbons (Fsp3) is 0. The third kappa shape index (κ3) is 10.4. The molecule has 0 saturated heterocycles.